The summed E-state index contributed by atoms with van der Waals surface area (Å²) in [7, 11) is 1.67. The third-order valence-electron chi connectivity index (χ3n) is 4.43. The topological polar surface area (TPSA) is 87.7 Å². The van der Waals surface area contributed by atoms with E-state index < -0.39 is 11.7 Å². The molecule has 154 valence electrons. The second-order valence-electron chi connectivity index (χ2n) is 8.45. The van der Waals surface area contributed by atoms with Crippen LogP contribution in [-0.2, 0) is 20.9 Å². The summed E-state index contributed by atoms with van der Waals surface area (Å²) in [6.45, 7) is 8.21. The molecule has 2 atom stereocenters. The minimum atomic E-state index is -0.547. The van der Waals surface area contributed by atoms with E-state index in [-0.39, 0.29) is 24.2 Å². The Balaban J connectivity index is 1.79. The summed E-state index contributed by atoms with van der Waals surface area (Å²) in [6.07, 6.45) is 0.750. The van der Waals surface area contributed by atoms with E-state index in [9.17, 15) is 14.4 Å². The molecule has 0 bridgehead atoms. The average molecular weight is 389 g/mol. The molecule has 1 saturated carbocycles. The van der Waals surface area contributed by atoms with Gasteiger partial charge in [0.1, 0.15) is 5.60 Å². The van der Waals surface area contributed by atoms with E-state index in [2.05, 4.69) is 10.6 Å². The highest BCUT2D eigenvalue weighted by Crippen LogP contribution is 2.37. The highest BCUT2D eigenvalue weighted by atomic mass is 16.6. The van der Waals surface area contributed by atoms with Gasteiger partial charge in [0.25, 0.3) is 0 Å². The summed E-state index contributed by atoms with van der Waals surface area (Å²) in [5.41, 5.74) is 0.984. The van der Waals surface area contributed by atoms with Crippen molar-refractivity contribution in [3.8, 4) is 0 Å². The number of nitrogens with one attached hydrogen (secondary N) is 2. The smallest absolute Gasteiger partial charge is 0.410 e. The van der Waals surface area contributed by atoms with Gasteiger partial charge in [-0.25, -0.2) is 4.79 Å². The van der Waals surface area contributed by atoms with Gasteiger partial charge in [0.2, 0.25) is 11.8 Å². The maximum atomic E-state index is 12.1. The van der Waals surface area contributed by atoms with Gasteiger partial charge in [-0.1, -0.05) is 19.1 Å². The zero-order valence-electron chi connectivity index (χ0n) is 17.4. The Morgan fingerprint density at radius 3 is 2.54 bits per heavy atom. The number of rotatable bonds is 7. The van der Waals surface area contributed by atoms with E-state index in [0.29, 0.717) is 24.7 Å². The third-order valence-corrected chi connectivity index (χ3v) is 4.43. The molecule has 1 aromatic carbocycles. The molecule has 0 radical (unpaired) electrons. The van der Waals surface area contributed by atoms with Gasteiger partial charge in [0.05, 0.1) is 0 Å². The molecule has 7 nitrogen and oxygen atoms in total. The quantitative estimate of drug-likeness (QED) is 0.750. The van der Waals surface area contributed by atoms with Crippen LogP contribution in [0, 0.1) is 11.8 Å². The molecule has 0 aliphatic heterocycles. The zero-order valence-corrected chi connectivity index (χ0v) is 17.4. The summed E-state index contributed by atoms with van der Waals surface area (Å²) >= 11 is 0. The highest BCUT2D eigenvalue weighted by molar-refractivity contribution is 5.91. The Morgan fingerprint density at radius 1 is 1.25 bits per heavy atom. The molecule has 0 heterocycles. The first-order valence-electron chi connectivity index (χ1n) is 9.66. The Labute approximate surface area is 166 Å². The fraction of sp³-hybridized carbons (Fsp3) is 0.571. The maximum absolute atomic E-state index is 12.1. The first kappa shape index (κ1) is 21.7. The number of nitrogens with zero attached hydrogens (tertiary/aromatic N) is 1. The summed E-state index contributed by atoms with van der Waals surface area (Å²) < 4.78 is 5.34. The van der Waals surface area contributed by atoms with E-state index in [1.165, 1.54) is 4.90 Å². The SMILES string of the molecule is CC1CC1C(=O)NCCC(=O)Nc1cccc(CN(C)C(=O)OC(C)(C)C)c1. The predicted octanol–water partition coefficient (Wildman–Crippen LogP) is 3.15. The largest absolute Gasteiger partial charge is 0.444 e. The first-order valence-corrected chi connectivity index (χ1v) is 9.66. The van der Waals surface area contributed by atoms with Gasteiger partial charge in [0, 0.05) is 38.2 Å². The second kappa shape index (κ2) is 9.08. The van der Waals surface area contributed by atoms with Crippen molar-refractivity contribution in [3.05, 3.63) is 29.8 Å². The molecule has 0 aromatic heterocycles. The molecule has 0 spiro atoms. The van der Waals surface area contributed by atoms with Crippen LogP contribution in [-0.4, -0.2) is 42.0 Å². The molecule has 3 amide bonds. The number of carbonyl (C=O) groups is 3. The minimum absolute atomic E-state index is 0.0347. The van der Waals surface area contributed by atoms with Crippen molar-refractivity contribution in [1.29, 1.82) is 0 Å². The van der Waals surface area contributed by atoms with Crippen LogP contribution in [0.25, 0.3) is 0 Å². The van der Waals surface area contributed by atoms with Crippen LogP contribution in [0.1, 0.15) is 46.1 Å². The van der Waals surface area contributed by atoms with E-state index >= 15 is 0 Å². The monoisotopic (exact) mass is 389 g/mol. The van der Waals surface area contributed by atoms with Crippen molar-refractivity contribution < 1.29 is 19.1 Å². The molecule has 2 rings (SSSR count). The Morgan fingerprint density at radius 2 is 1.93 bits per heavy atom. The number of carbonyl (C=O) groups excluding carboxylic acids is 3. The number of hydrogen-bond donors (Lipinski definition) is 2. The Bertz CT molecular complexity index is 727. The van der Waals surface area contributed by atoms with Crippen molar-refractivity contribution in [3.63, 3.8) is 0 Å². The van der Waals surface area contributed by atoms with Crippen molar-refractivity contribution >= 4 is 23.6 Å². The Kier molecular flexibility index (Phi) is 7.05. The van der Waals surface area contributed by atoms with E-state index in [0.717, 1.165) is 12.0 Å². The van der Waals surface area contributed by atoms with Gasteiger partial charge in [-0.05, 0) is 50.8 Å². The Hall–Kier alpha value is -2.57. The van der Waals surface area contributed by atoms with E-state index in [1.807, 2.05) is 45.9 Å². The molecule has 0 saturated heterocycles. The van der Waals surface area contributed by atoms with Crippen molar-refractivity contribution in [2.75, 3.05) is 18.9 Å². The number of ether oxygens (including phenoxy) is 1. The number of benzene rings is 1. The second-order valence-corrected chi connectivity index (χ2v) is 8.45. The van der Waals surface area contributed by atoms with Gasteiger partial charge < -0.3 is 20.3 Å². The van der Waals surface area contributed by atoms with Crippen LogP contribution >= 0.6 is 0 Å². The van der Waals surface area contributed by atoms with Crippen molar-refractivity contribution in [2.24, 2.45) is 11.8 Å². The molecule has 1 aliphatic rings. The van der Waals surface area contributed by atoms with Crippen LogP contribution < -0.4 is 10.6 Å². The normalized spacial score (nSPS) is 18.2. The van der Waals surface area contributed by atoms with Crippen LogP contribution in [0.2, 0.25) is 0 Å². The van der Waals surface area contributed by atoms with Crippen molar-refractivity contribution in [2.45, 2.75) is 52.7 Å². The number of anilines is 1. The van der Waals surface area contributed by atoms with Gasteiger partial charge in [-0.2, -0.15) is 0 Å². The fourth-order valence-corrected chi connectivity index (χ4v) is 2.77. The van der Waals surface area contributed by atoms with Crippen LogP contribution in [0.4, 0.5) is 10.5 Å². The average Bonchev–Trinajstić information content (AvgIpc) is 3.30. The first-order chi connectivity index (χ1) is 13.0. The minimum Gasteiger partial charge on any atom is -0.444 e. The zero-order chi connectivity index (χ0) is 20.9. The van der Waals surface area contributed by atoms with Gasteiger partial charge in [-0.3, -0.25) is 9.59 Å². The lowest BCUT2D eigenvalue weighted by Gasteiger charge is -2.24. The lowest BCUT2D eigenvalue weighted by atomic mass is 10.2. The molecule has 28 heavy (non-hydrogen) atoms. The number of hydrogen-bond acceptors (Lipinski definition) is 4. The standard InChI is InChI=1S/C21H31N3O4/c1-14-11-17(14)19(26)22-10-9-18(25)23-16-8-6-7-15(12-16)13-24(5)20(27)28-21(2,3)4/h6-8,12,14,17H,9-11,13H2,1-5H3,(H,22,26)(H,23,25). The summed E-state index contributed by atoms with van der Waals surface area (Å²) in [5, 5.41) is 5.63. The third kappa shape index (κ3) is 7.21. The lowest BCUT2D eigenvalue weighted by molar-refractivity contribution is -0.122. The van der Waals surface area contributed by atoms with Gasteiger partial charge >= 0.3 is 6.09 Å². The molecule has 1 fully saturated rings. The molecule has 2 N–H and O–H groups in total. The van der Waals surface area contributed by atoms with E-state index in [1.54, 1.807) is 13.1 Å². The van der Waals surface area contributed by atoms with Crippen LogP contribution in [0.15, 0.2) is 24.3 Å². The molecule has 7 heteroatoms. The summed E-state index contributed by atoms with van der Waals surface area (Å²) in [4.78, 5) is 37.4. The fourth-order valence-electron chi connectivity index (χ4n) is 2.77. The number of amides is 3. The summed E-state index contributed by atoms with van der Waals surface area (Å²) in [6, 6.07) is 7.32. The summed E-state index contributed by atoms with van der Waals surface area (Å²) in [5.74, 6) is 0.436. The molecule has 1 aromatic rings. The van der Waals surface area contributed by atoms with Gasteiger partial charge in [0.15, 0.2) is 0 Å². The molecule has 2 unspecified atom stereocenters. The van der Waals surface area contributed by atoms with Crippen molar-refractivity contribution in [1.82, 2.24) is 10.2 Å². The maximum Gasteiger partial charge on any atom is 0.410 e. The highest BCUT2D eigenvalue weighted by Gasteiger charge is 2.38. The molecular formula is C21H31N3O4. The van der Waals surface area contributed by atoms with E-state index in [4.69, 9.17) is 4.74 Å². The van der Waals surface area contributed by atoms with Crippen LogP contribution in [0.3, 0.4) is 0 Å². The molecular weight excluding hydrogens is 358 g/mol. The molecule has 1 aliphatic carbocycles. The van der Waals surface area contributed by atoms with Gasteiger partial charge in [-0.15, -0.1) is 0 Å². The lowest BCUT2D eigenvalue weighted by Crippen LogP contribution is -2.33. The predicted molar refractivity (Wildman–Crippen MR) is 108 cm³/mol. The van der Waals surface area contributed by atoms with Crippen LogP contribution in [0.5, 0.6) is 0 Å².